The minimum absolute atomic E-state index is 0. The lowest BCUT2D eigenvalue weighted by Gasteiger charge is -1.78. The van der Waals surface area contributed by atoms with Gasteiger partial charge in [-0.15, -0.1) is 24.8 Å². The van der Waals surface area contributed by atoms with Crippen molar-refractivity contribution < 1.29 is 0 Å². The lowest BCUT2D eigenvalue weighted by Crippen LogP contribution is -1.64. The summed E-state index contributed by atoms with van der Waals surface area (Å²) in [5, 5.41) is 0. The molecule has 0 aromatic carbocycles. The van der Waals surface area contributed by atoms with Crippen LogP contribution in [-0.2, 0) is 0 Å². The predicted octanol–water partition coefficient (Wildman–Crippen LogP) is 3.04. The zero-order chi connectivity index (χ0) is 4.12. The Kier molecular flexibility index (Phi) is 35.3. The van der Waals surface area contributed by atoms with Gasteiger partial charge in [-0.05, 0) is 21.8 Å². The van der Waals surface area contributed by atoms with Gasteiger partial charge in [-0.25, -0.2) is 0 Å². The number of hydrogen-bond acceptors (Lipinski definition) is 0. The van der Waals surface area contributed by atoms with E-state index < -0.39 is 0 Å². The first kappa shape index (κ1) is 15.7. The molecule has 0 amide bonds. The maximum Gasteiger partial charge on any atom is -0.0242 e. The summed E-state index contributed by atoms with van der Waals surface area (Å²) in [4.78, 5) is 0. The average molecular weight is 161 g/mol. The monoisotopic (exact) mass is 160 g/mol. The highest BCUT2D eigenvalue weighted by Crippen LogP contribution is 1.89. The van der Waals surface area contributed by atoms with Crippen molar-refractivity contribution in [3.63, 3.8) is 0 Å². The molecule has 0 aromatic rings. The number of hydrogen-bond donors (Lipinski definition) is 0. The molecule has 0 aliphatic carbocycles. The first-order valence-corrected chi connectivity index (χ1v) is 2.66. The van der Waals surface area contributed by atoms with Crippen molar-refractivity contribution in [2.24, 2.45) is 0 Å². The third-order valence-corrected chi connectivity index (χ3v) is 0.828. The quantitative estimate of drug-likeness (QED) is 0.546. The summed E-state index contributed by atoms with van der Waals surface area (Å²) >= 11 is 0. The van der Waals surface area contributed by atoms with E-state index in [1.54, 1.807) is 0 Å². The second kappa shape index (κ2) is 15.7. The number of unbranched alkanes of at least 4 members (excludes halogenated alkanes) is 1. The third-order valence-electron chi connectivity index (χ3n) is 0.512. The summed E-state index contributed by atoms with van der Waals surface area (Å²) < 4.78 is 0. The lowest BCUT2D eigenvalue weighted by molar-refractivity contribution is 0.897. The fourth-order valence-corrected chi connectivity index (χ4v) is 0.474. The molecule has 3 heteroatoms. The normalized spacial score (nSPS) is 6.00. The van der Waals surface area contributed by atoms with E-state index in [9.17, 15) is 0 Å². The molecule has 0 N–H and O–H groups in total. The molecule has 0 nitrogen and oxygen atoms in total. The fourth-order valence-electron chi connectivity index (χ4n) is 0.158. The van der Waals surface area contributed by atoms with Crippen molar-refractivity contribution in [1.29, 1.82) is 0 Å². The van der Waals surface area contributed by atoms with Crippen molar-refractivity contribution >= 4 is 34.1 Å². The Morgan fingerprint density at radius 3 is 1.71 bits per heavy atom. The third kappa shape index (κ3) is 19.4. The molecular weight excluding hydrogens is 150 g/mol. The minimum Gasteiger partial charge on any atom is -0.147 e. The van der Waals surface area contributed by atoms with Crippen LogP contribution in [0.2, 0.25) is 0 Å². The Morgan fingerprint density at radius 2 is 1.71 bits per heavy atom. The van der Waals surface area contributed by atoms with Gasteiger partial charge in [0.1, 0.15) is 0 Å². The van der Waals surface area contributed by atoms with Gasteiger partial charge in [-0.3, -0.25) is 0 Å². The van der Waals surface area contributed by atoms with Crippen LogP contribution in [-0.4, -0.2) is 6.16 Å². The standard InChI is InChI=1S/C4H9P.2ClH/c1-2-3-4-5;;/h2-4H2,1H3;2*1H. The second-order valence-electron chi connectivity index (χ2n) is 1.08. The van der Waals surface area contributed by atoms with Crippen molar-refractivity contribution in [2.75, 3.05) is 6.16 Å². The van der Waals surface area contributed by atoms with E-state index in [0.717, 1.165) is 6.16 Å². The van der Waals surface area contributed by atoms with Gasteiger partial charge in [0, 0.05) is 0 Å². The van der Waals surface area contributed by atoms with Crippen LogP contribution >= 0.6 is 34.1 Å². The van der Waals surface area contributed by atoms with E-state index >= 15 is 0 Å². The van der Waals surface area contributed by atoms with E-state index in [1.165, 1.54) is 12.8 Å². The summed E-state index contributed by atoms with van der Waals surface area (Å²) in [6, 6.07) is 0. The van der Waals surface area contributed by atoms with Crippen LogP contribution in [0, 0.1) is 0 Å². The molecule has 0 unspecified atom stereocenters. The van der Waals surface area contributed by atoms with Crippen LogP contribution in [0.15, 0.2) is 0 Å². The van der Waals surface area contributed by atoms with E-state index in [0.29, 0.717) is 0 Å². The van der Waals surface area contributed by atoms with E-state index in [-0.39, 0.29) is 24.8 Å². The van der Waals surface area contributed by atoms with E-state index in [1.807, 2.05) is 0 Å². The van der Waals surface area contributed by atoms with Crippen LogP contribution in [0.5, 0.6) is 0 Å². The molecule has 0 spiro atoms. The SMILES string of the molecule is CCCC[P].Cl.Cl. The maximum absolute atomic E-state index is 4.00. The van der Waals surface area contributed by atoms with Crippen LogP contribution in [0.4, 0.5) is 0 Å². The van der Waals surface area contributed by atoms with Gasteiger partial charge in [0.2, 0.25) is 0 Å². The largest absolute Gasteiger partial charge is 0.147 e. The number of rotatable bonds is 2. The van der Waals surface area contributed by atoms with E-state index in [2.05, 4.69) is 16.2 Å². The average Bonchev–Trinajstić information content (AvgIpc) is 1.41. The highest BCUT2D eigenvalue weighted by molar-refractivity contribution is 7.16. The van der Waals surface area contributed by atoms with Crippen LogP contribution < -0.4 is 0 Å². The molecule has 0 saturated carbocycles. The van der Waals surface area contributed by atoms with Crippen molar-refractivity contribution in [3.05, 3.63) is 0 Å². The lowest BCUT2D eigenvalue weighted by atomic mass is 10.4. The molecule has 0 rings (SSSR count). The molecule has 7 heavy (non-hydrogen) atoms. The van der Waals surface area contributed by atoms with Crippen LogP contribution in [0.3, 0.4) is 0 Å². The fraction of sp³-hybridized carbons (Fsp3) is 1.00. The predicted molar refractivity (Wildman–Crippen MR) is 41.2 cm³/mol. The van der Waals surface area contributed by atoms with Gasteiger partial charge in [0.15, 0.2) is 0 Å². The Hall–Kier alpha value is 1.01. The molecule has 0 aromatic heterocycles. The first-order chi connectivity index (χ1) is 2.41. The topological polar surface area (TPSA) is 0 Å². The molecule has 46 valence electrons. The highest BCUT2D eigenvalue weighted by Gasteiger charge is 1.69. The zero-order valence-corrected chi connectivity index (χ0v) is 6.91. The molecule has 0 heterocycles. The smallest absolute Gasteiger partial charge is 0.0242 e. The summed E-state index contributed by atoms with van der Waals surface area (Å²) in [5.74, 6) is 0. The van der Waals surface area contributed by atoms with Gasteiger partial charge < -0.3 is 0 Å². The van der Waals surface area contributed by atoms with Gasteiger partial charge in [0.25, 0.3) is 0 Å². The molecule has 0 saturated heterocycles. The maximum atomic E-state index is 4.00. The zero-order valence-electron chi connectivity index (χ0n) is 4.39. The minimum atomic E-state index is 0. The Labute approximate surface area is 60.5 Å². The molecular formula is C4H11Cl2P. The second-order valence-corrected chi connectivity index (χ2v) is 1.52. The summed E-state index contributed by atoms with van der Waals surface area (Å²) in [6.45, 7) is 2.16. The molecule has 0 aliphatic rings. The van der Waals surface area contributed by atoms with Gasteiger partial charge in [-0.1, -0.05) is 13.3 Å². The summed E-state index contributed by atoms with van der Waals surface area (Å²) in [6.07, 6.45) is 3.56. The summed E-state index contributed by atoms with van der Waals surface area (Å²) in [7, 11) is 4.00. The Balaban J connectivity index is -0.0000000800. The molecule has 0 fully saturated rings. The van der Waals surface area contributed by atoms with E-state index in [4.69, 9.17) is 0 Å². The molecule has 0 aliphatic heterocycles. The van der Waals surface area contributed by atoms with Gasteiger partial charge in [0.05, 0.1) is 0 Å². The first-order valence-electron chi connectivity index (χ1n) is 2.02. The molecule has 2 radical (unpaired) electrons. The number of halogens is 2. The van der Waals surface area contributed by atoms with Crippen molar-refractivity contribution in [1.82, 2.24) is 0 Å². The van der Waals surface area contributed by atoms with Gasteiger partial charge >= 0.3 is 0 Å². The van der Waals surface area contributed by atoms with Gasteiger partial charge in [-0.2, -0.15) is 0 Å². The highest BCUT2D eigenvalue weighted by atomic mass is 35.5. The Morgan fingerprint density at radius 1 is 1.29 bits per heavy atom. The Bertz CT molecular complexity index is 17.2. The van der Waals surface area contributed by atoms with Crippen LogP contribution in [0.25, 0.3) is 0 Å². The van der Waals surface area contributed by atoms with Crippen molar-refractivity contribution in [2.45, 2.75) is 19.8 Å². The summed E-state index contributed by atoms with van der Waals surface area (Å²) in [5.41, 5.74) is 0. The molecule has 0 atom stereocenters. The van der Waals surface area contributed by atoms with Crippen LogP contribution in [0.1, 0.15) is 19.8 Å². The molecule has 0 bridgehead atoms. The van der Waals surface area contributed by atoms with Crippen molar-refractivity contribution in [3.8, 4) is 0 Å².